The molecular formula is C19H17N3O5. The van der Waals surface area contributed by atoms with Gasteiger partial charge in [0, 0.05) is 42.6 Å². The average Bonchev–Trinajstić information content (AvgIpc) is 2.79. The molecule has 0 radical (unpaired) electrons. The fourth-order valence-electron chi connectivity index (χ4n) is 4.02. The number of nitro groups is 2. The molecule has 2 heterocycles. The summed E-state index contributed by atoms with van der Waals surface area (Å²) >= 11 is 0. The first-order valence-electron chi connectivity index (χ1n) is 8.37. The molecule has 4 rings (SSSR count). The highest BCUT2D eigenvalue weighted by atomic mass is 16.6. The largest absolute Gasteiger partial charge is 0.463 e. The maximum absolute atomic E-state index is 11.2. The van der Waals surface area contributed by atoms with Crippen LogP contribution in [0.4, 0.5) is 17.1 Å². The second kappa shape index (κ2) is 5.29. The molecule has 0 bridgehead atoms. The lowest BCUT2D eigenvalue weighted by atomic mass is 9.76. The fraction of sp³-hybridized carbons (Fsp3) is 0.263. The van der Waals surface area contributed by atoms with Crippen molar-refractivity contribution in [3.8, 4) is 5.75 Å². The van der Waals surface area contributed by atoms with Gasteiger partial charge >= 0.3 is 0 Å². The lowest BCUT2D eigenvalue weighted by Gasteiger charge is -2.45. The first-order chi connectivity index (χ1) is 12.7. The topological polar surface area (TPSA) is 98.8 Å². The van der Waals surface area contributed by atoms with Gasteiger partial charge in [-0.3, -0.25) is 20.2 Å². The van der Waals surface area contributed by atoms with E-state index >= 15 is 0 Å². The predicted molar refractivity (Wildman–Crippen MR) is 100 cm³/mol. The SMILES string of the molecule is CN1c2ccc([N+](=O)[O-])cc2C(C)(C)C12C=Cc1cc([N+](=O)[O-])ccc1O2. The third-order valence-electron chi connectivity index (χ3n) is 5.58. The van der Waals surface area contributed by atoms with Gasteiger partial charge in [0.2, 0.25) is 5.72 Å². The van der Waals surface area contributed by atoms with E-state index in [1.807, 2.05) is 37.9 Å². The van der Waals surface area contributed by atoms with Crippen molar-refractivity contribution in [2.45, 2.75) is 25.0 Å². The third-order valence-corrected chi connectivity index (χ3v) is 5.58. The van der Waals surface area contributed by atoms with E-state index < -0.39 is 21.0 Å². The van der Waals surface area contributed by atoms with Gasteiger partial charge in [-0.25, -0.2) is 0 Å². The van der Waals surface area contributed by atoms with E-state index in [0.29, 0.717) is 11.3 Å². The predicted octanol–water partition coefficient (Wildman–Crippen LogP) is 4.03. The minimum Gasteiger partial charge on any atom is -0.463 e. The quantitative estimate of drug-likeness (QED) is 0.587. The molecule has 2 aromatic rings. The molecule has 1 unspecified atom stereocenters. The molecule has 8 heteroatoms. The van der Waals surface area contributed by atoms with Crippen molar-refractivity contribution in [1.29, 1.82) is 0 Å². The van der Waals surface area contributed by atoms with Gasteiger partial charge < -0.3 is 9.64 Å². The Bertz CT molecular complexity index is 1030. The Labute approximate surface area is 155 Å². The second-order valence-electron chi connectivity index (χ2n) is 7.25. The summed E-state index contributed by atoms with van der Waals surface area (Å²) in [5.41, 5.74) is 0.821. The first-order valence-corrected chi connectivity index (χ1v) is 8.37. The molecule has 1 spiro atoms. The van der Waals surface area contributed by atoms with Crippen LogP contribution in [0.1, 0.15) is 25.0 Å². The number of nitro benzene ring substituents is 2. The van der Waals surface area contributed by atoms with Gasteiger partial charge in [0.15, 0.2) is 0 Å². The van der Waals surface area contributed by atoms with Crippen molar-refractivity contribution in [2.24, 2.45) is 0 Å². The summed E-state index contributed by atoms with van der Waals surface area (Å²) < 4.78 is 6.37. The van der Waals surface area contributed by atoms with Crippen LogP contribution >= 0.6 is 0 Å². The van der Waals surface area contributed by atoms with Crippen LogP contribution in [-0.2, 0) is 5.41 Å². The van der Waals surface area contributed by atoms with Crippen molar-refractivity contribution in [1.82, 2.24) is 0 Å². The van der Waals surface area contributed by atoms with Crippen molar-refractivity contribution >= 4 is 23.1 Å². The van der Waals surface area contributed by atoms with Crippen molar-refractivity contribution < 1.29 is 14.6 Å². The Balaban J connectivity index is 1.83. The standard InChI is InChI=1S/C19H17N3O5/c1-18(2)15-11-14(22(25)26)4-6-16(15)20(3)19(18)9-8-12-10-13(21(23)24)5-7-17(12)27-19/h4-11H,1-3H3. The summed E-state index contributed by atoms with van der Waals surface area (Å²) in [6, 6.07) is 9.27. The van der Waals surface area contributed by atoms with Crippen LogP contribution in [0.3, 0.4) is 0 Å². The highest BCUT2D eigenvalue weighted by Gasteiger charge is 2.58. The van der Waals surface area contributed by atoms with Gasteiger partial charge in [0.1, 0.15) is 5.75 Å². The monoisotopic (exact) mass is 367 g/mol. The zero-order valence-electron chi connectivity index (χ0n) is 15.0. The van der Waals surface area contributed by atoms with E-state index in [1.54, 1.807) is 18.2 Å². The molecule has 1 atom stereocenters. The average molecular weight is 367 g/mol. The summed E-state index contributed by atoms with van der Waals surface area (Å²) in [5.74, 6) is 0.533. The van der Waals surface area contributed by atoms with Gasteiger partial charge in [0.25, 0.3) is 11.4 Å². The Hall–Kier alpha value is -3.42. The fourth-order valence-corrected chi connectivity index (χ4v) is 4.02. The summed E-state index contributed by atoms with van der Waals surface area (Å²) in [4.78, 5) is 23.3. The van der Waals surface area contributed by atoms with Crippen molar-refractivity contribution in [2.75, 3.05) is 11.9 Å². The first kappa shape index (κ1) is 17.0. The second-order valence-corrected chi connectivity index (χ2v) is 7.25. The smallest absolute Gasteiger partial charge is 0.270 e. The molecule has 2 aliphatic heterocycles. The number of hydrogen-bond donors (Lipinski definition) is 0. The van der Waals surface area contributed by atoms with E-state index in [0.717, 1.165) is 11.3 Å². The molecule has 138 valence electrons. The van der Waals surface area contributed by atoms with E-state index in [1.165, 1.54) is 18.2 Å². The van der Waals surface area contributed by atoms with Crippen LogP contribution in [0.15, 0.2) is 42.5 Å². The summed E-state index contributed by atoms with van der Waals surface area (Å²) in [6.45, 7) is 3.94. The van der Waals surface area contributed by atoms with Gasteiger partial charge in [-0.15, -0.1) is 0 Å². The molecule has 0 N–H and O–H groups in total. The molecule has 0 fully saturated rings. The van der Waals surface area contributed by atoms with Crippen molar-refractivity contribution in [3.63, 3.8) is 0 Å². The van der Waals surface area contributed by atoms with E-state index in [-0.39, 0.29) is 11.4 Å². The maximum atomic E-state index is 11.2. The summed E-state index contributed by atoms with van der Waals surface area (Å²) in [7, 11) is 1.88. The number of likely N-dealkylation sites (N-methyl/N-ethyl adjacent to an activating group) is 1. The van der Waals surface area contributed by atoms with Gasteiger partial charge in [-0.2, -0.15) is 0 Å². The van der Waals surface area contributed by atoms with Crippen LogP contribution in [0.2, 0.25) is 0 Å². The molecule has 0 aliphatic carbocycles. The number of nitrogens with zero attached hydrogens (tertiary/aromatic N) is 3. The van der Waals surface area contributed by atoms with Crippen LogP contribution in [0.5, 0.6) is 5.75 Å². The molecule has 0 amide bonds. The Kier molecular flexibility index (Phi) is 3.33. The number of fused-ring (bicyclic) bond motifs is 2. The highest BCUT2D eigenvalue weighted by molar-refractivity contribution is 5.74. The molecule has 0 aromatic heterocycles. The maximum Gasteiger partial charge on any atom is 0.270 e. The van der Waals surface area contributed by atoms with Gasteiger partial charge in [0.05, 0.1) is 15.3 Å². The van der Waals surface area contributed by atoms with Crippen LogP contribution in [-0.4, -0.2) is 22.6 Å². The number of rotatable bonds is 2. The number of hydrogen-bond acceptors (Lipinski definition) is 6. The Morgan fingerprint density at radius 2 is 1.63 bits per heavy atom. The minimum atomic E-state index is -0.895. The Morgan fingerprint density at radius 1 is 1.00 bits per heavy atom. The highest BCUT2D eigenvalue weighted by Crippen LogP contribution is 2.55. The minimum absolute atomic E-state index is 0.00380. The number of anilines is 1. The number of benzene rings is 2. The lowest BCUT2D eigenvalue weighted by molar-refractivity contribution is -0.385. The van der Waals surface area contributed by atoms with E-state index in [4.69, 9.17) is 4.74 Å². The molecule has 0 saturated heterocycles. The van der Waals surface area contributed by atoms with Crippen LogP contribution < -0.4 is 9.64 Å². The van der Waals surface area contributed by atoms with Crippen LogP contribution in [0, 0.1) is 20.2 Å². The summed E-state index contributed by atoms with van der Waals surface area (Å²) in [5, 5.41) is 22.2. The molecular weight excluding hydrogens is 350 g/mol. The van der Waals surface area contributed by atoms with E-state index in [9.17, 15) is 20.2 Å². The van der Waals surface area contributed by atoms with E-state index in [2.05, 4.69) is 0 Å². The normalized spacial score (nSPS) is 21.5. The molecule has 0 saturated carbocycles. The molecule has 8 nitrogen and oxygen atoms in total. The molecule has 2 aliphatic rings. The third kappa shape index (κ3) is 2.16. The summed E-state index contributed by atoms with van der Waals surface area (Å²) in [6.07, 6.45) is 3.68. The Morgan fingerprint density at radius 3 is 2.30 bits per heavy atom. The van der Waals surface area contributed by atoms with Gasteiger partial charge in [-0.05, 0) is 43.7 Å². The zero-order chi connectivity index (χ0) is 19.6. The van der Waals surface area contributed by atoms with Gasteiger partial charge in [-0.1, -0.05) is 0 Å². The zero-order valence-corrected chi connectivity index (χ0v) is 15.0. The van der Waals surface area contributed by atoms with Crippen LogP contribution in [0.25, 0.3) is 6.08 Å². The molecule has 27 heavy (non-hydrogen) atoms. The number of non-ortho nitro benzene ring substituents is 2. The van der Waals surface area contributed by atoms with Crippen molar-refractivity contribution in [3.05, 3.63) is 73.8 Å². The lowest BCUT2D eigenvalue weighted by Crippen LogP contribution is -2.58. The number of ether oxygens (including phenoxy) is 1. The molecule has 2 aromatic carbocycles.